The van der Waals surface area contributed by atoms with E-state index in [4.69, 9.17) is 4.42 Å². The number of amides is 1. The molecule has 2 fully saturated rings. The van der Waals surface area contributed by atoms with Gasteiger partial charge in [-0.3, -0.25) is 9.69 Å². The first-order valence-electron chi connectivity index (χ1n) is 10.5. The van der Waals surface area contributed by atoms with E-state index in [2.05, 4.69) is 27.4 Å². The molecule has 3 heterocycles. The fourth-order valence-electron chi connectivity index (χ4n) is 4.26. The molecule has 166 valence electrons. The van der Waals surface area contributed by atoms with Gasteiger partial charge in [-0.15, -0.1) is 24.8 Å². The van der Waals surface area contributed by atoms with Gasteiger partial charge in [0.2, 0.25) is 11.8 Å². The summed E-state index contributed by atoms with van der Waals surface area (Å²) in [5.74, 6) is 2.21. The summed E-state index contributed by atoms with van der Waals surface area (Å²) < 4.78 is 6.05. The lowest BCUT2D eigenvalue weighted by molar-refractivity contribution is -0.123. The molecular weight excluding hydrogens is 423 g/mol. The van der Waals surface area contributed by atoms with Gasteiger partial charge in [0.25, 0.3) is 0 Å². The van der Waals surface area contributed by atoms with Crippen LogP contribution < -0.4 is 10.6 Å². The van der Waals surface area contributed by atoms with Gasteiger partial charge < -0.3 is 15.1 Å². The van der Waals surface area contributed by atoms with Crippen LogP contribution in [0.4, 0.5) is 0 Å². The fraction of sp³-hybridized carbons (Fsp3) is 0.545. The zero-order valence-corrected chi connectivity index (χ0v) is 19.0. The molecule has 1 aromatic carbocycles. The van der Waals surface area contributed by atoms with Gasteiger partial charge in [-0.25, -0.2) is 4.98 Å². The van der Waals surface area contributed by atoms with Crippen molar-refractivity contribution in [3.05, 3.63) is 42.4 Å². The predicted molar refractivity (Wildman–Crippen MR) is 123 cm³/mol. The summed E-state index contributed by atoms with van der Waals surface area (Å²) in [6.07, 6.45) is 6.15. The van der Waals surface area contributed by atoms with Crippen LogP contribution in [0.2, 0.25) is 0 Å². The minimum absolute atomic E-state index is 0. The molecule has 0 saturated carbocycles. The van der Waals surface area contributed by atoms with Gasteiger partial charge in [0.1, 0.15) is 0 Å². The average Bonchev–Trinajstić information content (AvgIpc) is 3.45. The predicted octanol–water partition coefficient (Wildman–Crippen LogP) is 3.83. The second-order valence-corrected chi connectivity index (χ2v) is 8.00. The van der Waals surface area contributed by atoms with Gasteiger partial charge in [0.15, 0.2) is 5.76 Å². The van der Waals surface area contributed by atoms with Gasteiger partial charge in [-0.05, 0) is 51.6 Å². The van der Waals surface area contributed by atoms with Crippen molar-refractivity contribution in [1.82, 2.24) is 20.5 Å². The van der Waals surface area contributed by atoms with Crippen molar-refractivity contribution in [2.45, 2.75) is 44.7 Å². The number of nitrogens with one attached hydrogen (secondary N) is 2. The Bertz CT molecular complexity index is 780. The average molecular weight is 455 g/mol. The normalized spacial score (nSPS) is 22.6. The molecule has 2 aromatic rings. The molecule has 2 aliphatic rings. The minimum atomic E-state index is 0. The molecule has 0 bridgehead atoms. The topological polar surface area (TPSA) is 70.4 Å². The monoisotopic (exact) mass is 454 g/mol. The van der Waals surface area contributed by atoms with E-state index in [9.17, 15) is 4.79 Å². The molecular formula is C22H32Cl2N4O2. The lowest BCUT2D eigenvalue weighted by Crippen LogP contribution is -2.45. The van der Waals surface area contributed by atoms with Gasteiger partial charge in [0.05, 0.1) is 18.3 Å². The van der Waals surface area contributed by atoms with Crippen LogP contribution in [0.15, 0.2) is 40.9 Å². The molecule has 30 heavy (non-hydrogen) atoms. The molecule has 8 heteroatoms. The number of aromatic nitrogens is 1. The smallest absolute Gasteiger partial charge is 0.237 e. The largest absolute Gasteiger partial charge is 0.439 e. The number of halogens is 2. The van der Waals surface area contributed by atoms with Gasteiger partial charge in [0, 0.05) is 18.7 Å². The number of likely N-dealkylation sites (tertiary alicyclic amines) is 1. The molecule has 0 aliphatic carbocycles. The highest BCUT2D eigenvalue weighted by atomic mass is 35.5. The first-order valence-corrected chi connectivity index (χ1v) is 10.5. The van der Waals surface area contributed by atoms with E-state index in [0.717, 1.165) is 69.1 Å². The summed E-state index contributed by atoms with van der Waals surface area (Å²) in [5.41, 5.74) is 1.05. The van der Waals surface area contributed by atoms with Crippen LogP contribution >= 0.6 is 24.8 Å². The van der Waals surface area contributed by atoms with Crippen molar-refractivity contribution in [3.8, 4) is 11.3 Å². The summed E-state index contributed by atoms with van der Waals surface area (Å²) >= 11 is 0. The molecule has 2 N–H and O–H groups in total. The summed E-state index contributed by atoms with van der Waals surface area (Å²) in [4.78, 5) is 19.2. The molecule has 0 spiro atoms. The second kappa shape index (κ2) is 11.7. The number of hydrogen-bond acceptors (Lipinski definition) is 5. The van der Waals surface area contributed by atoms with Crippen molar-refractivity contribution >= 4 is 30.7 Å². The highest BCUT2D eigenvalue weighted by molar-refractivity contribution is 5.85. The summed E-state index contributed by atoms with van der Waals surface area (Å²) in [6, 6.07) is 10.2. The lowest BCUT2D eigenvalue weighted by atomic mass is 9.96. The minimum Gasteiger partial charge on any atom is -0.439 e. The molecule has 1 aromatic heterocycles. The van der Waals surface area contributed by atoms with Crippen molar-refractivity contribution in [3.63, 3.8) is 0 Å². The van der Waals surface area contributed by atoms with Crippen LogP contribution in [0.25, 0.3) is 11.3 Å². The van der Waals surface area contributed by atoms with Crippen molar-refractivity contribution in [1.29, 1.82) is 0 Å². The highest BCUT2D eigenvalue weighted by Gasteiger charge is 2.28. The molecule has 2 saturated heterocycles. The van der Waals surface area contributed by atoms with Gasteiger partial charge >= 0.3 is 0 Å². The molecule has 6 nitrogen and oxygen atoms in total. The summed E-state index contributed by atoms with van der Waals surface area (Å²) in [6.45, 7) is 5.86. The molecule has 0 radical (unpaired) electrons. The van der Waals surface area contributed by atoms with E-state index >= 15 is 0 Å². The summed E-state index contributed by atoms with van der Waals surface area (Å²) in [7, 11) is 0. The van der Waals surface area contributed by atoms with Crippen LogP contribution in [0.1, 0.15) is 44.5 Å². The number of carbonyl (C=O) groups excluding carboxylic acids is 1. The Labute approximate surface area is 191 Å². The molecule has 3 unspecified atom stereocenters. The highest BCUT2D eigenvalue weighted by Crippen LogP contribution is 2.29. The zero-order chi connectivity index (χ0) is 19.3. The first kappa shape index (κ1) is 24.7. The van der Waals surface area contributed by atoms with Crippen LogP contribution in [-0.4, -0.2) is 48.0 Å². The Hall–Kier alpha value is -1.60. The Balaban J connectivity index is 0.00000160. The SMILES string of the molecule is CC(c1ncc(-c2ccccc2)o1)N1CCCC(CNC(=O)C2CCCN2)C1.Cl.Cl. The number of hydrogen-bond donors (Lipinski definition) is 2. The van der Waals surface area contributed by atoms with Crippen LogP contribution in [-0.2, 0) is 4.79 Å². The third-order valence-electron chi connectivity index (χ3n) is 5.98. The lowest BCUT2D eigenvalue weighted by Gasteiger charge is -2.35. The Morgan fingerprint density at radius 2 is 2.07 bits per heavy atom. The number of piperidine rings is 1. The van der Waals surface area contributed by atoms with E-state index in [1.807, 2.05) is 36.5 Å². The number of nitrogens with zero attached hydrogens (tertiary/aromatic N) is 2. The molecule has 1 amide bonds. The molecule has 4 rings (SSSR count). The number of rotatable bonds is 6. The Kier molecular flexibility index (Phi) is 9.62. The van der Waals surface area contributed by atoms with Crippen molar-refractivity contribution < 1.29 is 9.21 Å². The maximum absolute atomic E-state index is 12.3. The summed E-state index contributed by atoms with van der Waals surface area (Å²) in [5, 5.41) is 6.42. The third kappa shape index (κ3) is 5.97. The van der Waals surface area contributed by atoms with Crippen LogP contribution in [0, 0.1) is 5.92 Å². The second-order valence-electron chi connectivity index (χ2n) is 8.00. The van der Waals surface area contributed by atoms with E-state index < -0.39 is 0 Å². The van der Waals surface area contributed by atoms with Gasteiger partial charge in [-0.1, -0.05) is 30.3 Å². The third-order valence-corrected chi connectivity index (χ3v) is 5.98. The van der Waals surface area contributed by atoms with E-state index in [-0.39, 0.29) is 42.8 Å². The Morgan fingerprint density at radius 1 is 1.27 bits per heavy atom. The van der Waals surface area contributed by atoms with E-state index in [0.29, 0.717) is 5.92 Å². The standard InChI is InChI=1S/C22H30N4O2.2ClH/c1-16(22-25-14-20(28-22)18-8-3-2-4-9-18)26-12-6-7-17(15-26)13-24-21(27)19-10-5-11-23-19;;/h2-4,8-9,14,16-17,19,23H,5-7,10-13,15H2,1H3,(H,24,27);2*1H. The number of benzene rings is 1. The fourth-order valence-corrected chi connectivity index (χ4v) is 4.26. The maximum atomic E-state index is 12.3. The quantitative estimate of drug-likeness (QED) is 0.693. The van der Waals surface area contributed by atoms with Crippen LogP contribution in [0.5, 0.6) is 0 Å². The Morgan fingerprint density at radius 3 is 2.80 bits per heavy atom. The number of oxazole rings is 1. The molecule has 3 atom stereocenters. The van der Waals surface area contributed by atoms with Crippen LogP contribution in [0.3, 0.4) is 0 Å². The zero-order valence-electron chi connectivity index (χ0n) is 17.4. The number of carbonyl (C=O) groups is 1. The van der Waals surface area contributed by atoms with E-state index in [1.54, 1.807) is 0 Å². The van der Waals surface area contributed by atoms with Crippen molar-refractivity contribution in [2.24, 2.45) is 5.92 Å². The first-order chi connectivity index (χ1) is 13.7. The van der Waals surface area contributed by atoms with E-state index in [1.165, 1.54) is 0 Å². The maximum Gasteiger partial charge on any atom is 0.237 e. The molecule has 2 aliphatic heterocycles. The van der Waals surface area contributed by atoms with Gasteiger partial charge in [-0.2, -0.15) is 0 Å². The van der Waals surface area contributed by atoms with Crippen molar-refractivity contribution in [2.75, 3.05) is 26.2 Å².